The Balaban J connectivity index is 1.88. The predicted octanol–water partition coefficient (Wildman–Crippen LogP) is 6.01. The van der Waals surface area contributed by atoms with Crippen LogP contribution in [0.3, 0.4) is 0 Å². The van der Waals surface area contributed by atoms with E-state index in [1.807, 2.05) is 20.8 Å². The van der Waals surface area contributed by atoms with Crippen molar-refractivity contribution >= 4 is 5.97 Å². The van der Waals surface area contributed by atoms with E-state index in [4.69, 9.17) is 4.74 Å². The van der Waals surface area contributed by atoms with Crippen LogP contribution in [0.2, 0.25) is 0 Å². The molecule has 0 N–H and O–H groups in total. The summed E-state index contributed by atoms with van der Waals surface area (Å²) in [5.41, 5.74) is 1.34. The van der Waals surface area contributed by atoms with Crippen LogP contribution in [-0.2, 0) is 9.53 Å². The molecule has 2 nitrogen and oxygen atoms in total. The summed E-state index contributed by atoms with van der Waals surface area (Å²) in [6.07, 6.45) is 10.1. The topological polar surface area (TPSA) is 26.3 Å². The number of carbonyl (C=O) groups is 1. The van der Waals surface area contributed by atoms with E-state index >= 15 is 0 Å². The van der Waals surface area contributed by atoms with Gasteiger partial charge in [0.25, 0.3) is 0 Å². The molecule has 0 heterocycles. The Kier molecular flexibility index (Phi) is 5.38. The second kappa shape index (κ2) is 7.08. The maximum atomic E-state index is 12.5. The molecular formula is C23H38O2. The quantitative estimate of drug-likeness (QED) is 0.452. The summed E-state index contributed by atoms with van der Waals surface area (Å²) in [6, 6.07) is 0. The maximum absolute atomic E-state index is 12.5. The summed E-state index contributed by atoms with van der Waals surface area (Å²) < 4.78 is 6.05. The minimum Gasteiger partial charge on any atom is -0.462 e. The fourth-order valence-electron chi connectivity index (χ4n) is 5.77. The Morgan fingerprint density at radius 3 is 2.44 bits per heavy atom. The Bertz CT molecular complexity index is 525. The van der Waals surface area contributed by atoms with Crippen molar-refractivity contribution in [3.05, 3.63) is 11.6 Å². The van der Waals surface area contributed by atoms with Gasteiger partial charge in [0, 0.05) is 0 Å². The molecule has 3 rings (SSSR count). The zero-order valence-corrected chi connectivity index (χ0v) is 17.2. The van der Waals surface area contributed by atoms with E-state index < -0.39 is 5.41 Å². The summed E-state index contributed by atoms with van der Waals surface area (Å²) in [4.78, 5) is 12.5. The highest BCUT2D eigenvalue weighted by molar-refractivity contribution is 5.75. The third-order valence-electron chi connectivity index (χ3n) is 7.23. The molecule has 0 radical (unpaired) electrons. The van der Waals surface area contributed by atoms with E-state index in [-0.39, 0.29) is 12.1 Å². The van der Waals surface area contributed by atoms with Gasteiger partial charge in [0.1, 0.15) is 6.10 Å². The van der Waals surface area contributed by atoms with Crippen LogP contribution >= 0.6 is 0 Å². The van der Waals surface area contributed by atoms with Crippen LogP contribution in [0, 0.1) is 40.9 Å². The zero-order valence-electron chi connectivity index (χ0n) is 17.2. The molecule has 2 heteroatoms. The van der Waals surface area contributed by atoms with Gasteiger partial charge in [-0.25, -0.2) is 0 Å². The molecule has 2 fully saturated rings. The molecule has 3 aliphatic carbocycles. The minimum absolute atomic E-state index is 0.0257. The Hall–Kier alpha value is -0.790. The predicted molar refractivity (Wildman–Crippen MR) is 103 cm³/mol. The number of hydrogen-bond acceptors (Lipinski definition) is 2. The first-order valence-electron chi connectivity index (χ1n) is 10.6. The molecule has 6 atom stereocenters. The number of esters is 1. The van der Waals surface area contributed by atoms with E-state index in [9.17, 15) is 4.79 Å². The van der Waals surface area contributed by atoms with E-state index in [1.54, 1.807) is 5.57 Å². The first-order chi connectivity index (χ1) is 11.7. The van der Waals surface area contributed by atoms with Crippen LogP contribution in [0.4, 0.5) is 0 Å². The van der Waals surface area contributed by atoms with Crippen LogP contribution in [0.5, 0.6) is 0 Å². The van der Waals surface area contributed by atoms with Crippen LogP contribution in [-0.4, -0.2) is 12.1 Å². The van der Waals surface area contributed by atoms with Gasteiger partial charge in [-0.15, -0.1) is 0 Å². The third kappa shape index (κ3) is 3.83. The third-order valence-corrected chi connectivity index (χ3v) is 7.23. The zero-order chi connectivity index (χ0) is 18.4. The molecule has 2 saturated carbocycles. The van der Waals surface area contributed by atoms with Crippen LogP contribution < -0.4 is 0 Å². The molecule has 4 bridgehead atoms. The first-order valence-corrected chi connectivity index (χ1v) is 10.6. The number of carbonyl (C=O) groups excluding carboxylic acids is 1. The van der Waals surface area contributed by atoms with Gasteiger partial charge in [-0.3, -0.25) is 4.79 Å². The van der Waals surface area contributed by atoms with Crippen molar-refractivity contribution in [1.29, 1.82) is 0 Å². The smallest absolute Gasteiger partial charge is 0.311 e. The molecule has 0 aromatic carbocycles. The highest BCUT2D eigenvalue weighted by atomic mass is 16.5. The Morgan fingerprint density at radius 1 is 1.12 bits per heavy atom. The van der Waals surface area contributed by atoms with Crippen molar-refractivity contribution in [3.63, 3.8) is 0 Å². The second-order valence-corrected chi connectivity index (χ2v) is 10.4. The fourth-order valence-corrected chi connectivity index (χ4v) is 5.77. The average molecular weight is 347 g/mol. The van der Waals surface area contributed by atoms with Crippen molar-refractivity contribution in [2.24, 2.45) is 40.9 Å². The molecule has 25 heavy (non-hydrogen) atoms. The van der Waals surface area contributed by atoms with Crippen molar-refractivity contribution in [1.82, 2.24) is 0 Å². The molecule has 0 aliphatic heterocycles. The van der Waals surface area contributed by atoms with Gasteiger partial charge in [-0.1, -0.05) is 38.8 Å². The highest BCUT2D eigenvalue weighted by Crippen LogP contribution is 2.53. The van der Waals surface area contributed by atoms with E-state index in [0.29, 0.717) is 17.8 Å². The van der Waals surface area contributed by atoms with Gasteiger partial charge >= 0.3 is 5.97 Å². The molecular weight excluding hydrogens is 308 g/mol. The lowest BCUT2D eigenvalue weighted by Gasteiger charge is -2.50. The molecule has 0 amide bonds. The highest BCUT2D eigenvalue weighted by Gasteiger charge is 2.46. The summed E-state index contributed by atoms with van der Waals surface area (Å²) in [5, 5.41) is 0. The van der Waals surface area contributed by atoms with Crippen molar-refractivity contribution in [2.45, 2.75) is 86.2 Å². The van der Waals surface area contributed by atoms with Gasteiger partial charge in [0.15, 0.2) is 0 Å². The number of rotatable bonds is 2. The average Bonchev–Trinajstić information content (AvgIpc) is 2.52. The first kappa shape index (κ1) is 19.0. The number of allylic oxidation sites excluding steroid dienone is 2. The standard InChI is InChI=1S/C23H38O2/c1-14(2)17-11-10-15(3)18-8-7-9-19-20(17)12-16(13-21(18)19)25-22(24)23(4,5)6/h9,14-18,20-21H,7-8,10-13H2,1-6H3/t15-,16+,17-,18+,20+,21-/m1/s1. The summed E-state index contributed by atoms with van der Waals surface area (Å²) >= 11 is 0. The van der Waals surface area contributed by atoms with E-state index in [0.717, 1.165) is 30.6 Å². The largest absolute Gasteiger partial charge is 0.462 e. The maximum Gasteiger partial charge on any atom is 0.311 e. The van der Waals surface area contributed by atoms with Gasteiger partial charge in [-0.05, 0) is 88.4 Å². The lowest BCUT2D eigenvalue weighted by molar-refractivity contribution is -0.162. The van der Waals surface area contributed by atoms with E-state index in [1.165, 1.54) is 25.7 Å². The van der Waals surface area contributed by atoms with Crippen molar-refractivity contribution < 1.29 is 9.53 Å². The lowest BCUT2D eigenvalue weighted by Crippen LogP contribution is -2.44. The number of ether oxygens (including phenoxy) is 1. The molecule has 0 aromatic heterocycles. The van der Waals surface area contributed by atoms with Crippen LogP contribution in [0.25, 0.3) is 0 Å². The number of hydrogen-bond donors (Lipinski definition) is 0. The van der Waals surface area contributed by atoms with Crippen molar-refractivity contribution in [3.8, 4) is 0 Å². The summed E-state index contributed by atoms with van der Waals surface area (Å²) in [7, 11) is 0. The van der Waals surface area contributed by atoms with Gasteiger partial charge in [0.05, 0.1) is 5.41 Å². The monoisotopic (exact) mass is 346 g/mol. The van der Waals surface area contributed by atoms with Gasteiger partial charge < -0.3 is 4.74 Å². The lowest BCUT2D eigenvalue weighted by atomic mass is 9.56. The van der Waals surface area contributed by atoms with Crippen LogP contribution in [0.15, 0.2) is 11.6 Å². The summed E-state index contributed by atoms with van der Waals surface area (Å²) in [6.45, 7) is 13.1. The SMILES string of the molecule is CC(C)[C@H]1CC[C@@H](C)[C@@H]2CCC=C3[C@H]1C[C@H](OC(=O)C(C)(C)C)C[C@@H]32. The van der Waals surface area contributed by atoms with Crippen LogP contribution in [0.1, 0.15) is 80.1 Å². The molecule has 3 aliphatic rings. The summed E-state index contributed by atoms with van der Waals surface area (Å²) in [5.74, 6) is 4.30. The molecule has 0 unspecified atom stereocenters. The van der Waals surface area contributed by atoms with Gasteiger partial charge in [-0.2, -0.15) is 0 Å². The van der Waals surface area contributed by atoms with E-state index in [2.05, 4.69) is 26.8 Å². The Labute approximate surface area is 154 Å². The van der Waals surface area contributed by atoms with Crippen molar-refractivity contribution in [2.75, 3.05) is 0 Å². The molecule has 0 spiro atoms. The Morgan fingerprint density at radius 2 is 1.80 bits per heavy atom. The minimum atomic E-state index is -0.403. The van der Waals surface area contributed by atoms with Gasteiger partial charge in [0.2, 0.25) is 0 Å². The molecule has 0 saturated heterocycles. The molecule has 142 valence electrons. The molecule has 0 aromatic rings. The fraction of sp³-hybridized carbons (Fsp3) is 0.870. The second-order valence-electron chi connectivity index (χ2n) is 10.4. The normalized spacial score (nSPS) is 38.6.